The number of nitrogens with zero attached hydrogens (tertiary/aromatic N) is 2. The van der Waals surface area contributed by atoms with Gasteiger partial charge in [-0.05, 0) is 75.3 Å². The number of fused-ring (bicyclic) bond motifs is 3. The van der Waals surface area contributed by atoms with Gasteiger partial charge in [0, 0.05) is 19.5 Å². The van der Waals surface area contributed by atoms with Crippen LogP contribution in [0.4, 0.5) is 9.59 Å². The third-order valence-corrected chi connectivity index (χ3v) is 12.4. The van der Waals surface area contributed by atoms with Crippen molar-refractivity contribution in [2.75, 3.05) is 13.7 Å². The second-order valence-corrected chi connectivity index (χ2v) is 18.1. The van der Waals surface area contributed by atoms with Gasteiger partial charge >= 0.3 is 18.2 Å². The number of carboxylic acid groups (broad SMARTS) is 1. The number of sulfonamides is 1. The van der Waals surface area contributed by atoms with Crippen molar-refractivity contribution in [1.29, 1.82) is 0 Å². The van der Waals surface area contributed by atoms with Crippen LogP contribution in [0, 0.1) is 5.92 Å². The summed E-state index contributed by atoms with van der Waals surface area (Å²) in [6.45, 7) is 5.54. The molecule has 18 heteroatoms. The molecular formula is C40H51N5O12S. The molecule has 0 bridgehead atoms. The first-order chi connectivity index (χ1) is 27.4. The normalized spacial score (nSPS) is 25.1. The van der Waals surface area contributed by atoms with E-state index in [4.69, 9.17) is 14.2 Å². The van der Waals surface area contributed by atoms with Crippen LogP contribution in [0.5, 0.6) is 5.75 Å². The molecule has 6 rings (SSSR count). The quantitative estimate of drug-likeness (QED) is 0.313. The maximum Gasteiger partial charge on any atom is 0.410 e. The van der Waals surface area contributed by atoms with E-state index in [2.05, 4.69) is 15.4 Å². The summed E-state index contributed by atoms with van der Waals surface area (Å²) in [4.78, 5) is 83.4. The van der Waals surface area contributed by atoms with Gasteiger partial charge in [0.05, 0.1) is 18.6 Å². The lowest BCUT2D eigenvalue weighted by Crippen LogP contribution is -2.58. The Balaban J connectivity index is 1.27. The zero-order valence-corrected chi connectivity index (χ0v) is 33.9. The Morgan fingerprint density at radius 2 is 1.60 bits per heavy atom. The van der Waals surface area contributed by atoms with E-state index >= 15 is 0 Å². The van der Waals surface area contributed by atoms with E-state index in [1.807, 2.05) is 24.3 Å². The van der Waals surface area contributed by atoms with Crippen LogP contribution in [-0.2, 0) is 47.0 Å². The Bertz CT molecular complexity index is 2040. The smallest absolute Gasteiger partial charge is 0.410 e. The number of carboxylic acids is 1. The largest absolute Gasteiger partial charge is 0.496 e. The second kappa shape index (κ2) is 16.8. The van der Waals surface area contributed by atoms with Gasteiger partial charge in [0.1, 0.15) is 40.6 Å². The Morgan fingerprint density at radius 1 is 0.948 bits per heavy atom. The first-order valence-electron chi connectivity index (χ1n) is 19.5. The molecule has 17 nitrogen and oxygen atoms in total. The molecule has 0 aromatic heterocycles. The molecule has 4 N–H and O–H groups in total. The molecule has 5 amide bonds. The van der Waals surface area contributed by atoms with Crippen molar-refractivity contribution in [2.45, 2.75) is 126 Å². The number of carbonyl (C=O) groups is 6. The van der Waals surface area contributed by atoms with Gasteiger partial charge in [-0.25, -0.2) is 27.5 Å². The summed E-state index contributed by atoms with van der Waals surface area (Å²) in [5.74, 6) is -4.35. The topological polar surface area (TPSA) is 227 Å². The van der Waals surface area contributed by atoms with E-state index in [0.29, 0.717) is 32.4 Å². The number of benzene rings is 2. The van der Waals surface area contributed by atoms with Crippen molar-refractivity contribution >= 4 is 45.9 Å². The fourth-order valence-electron chi connectivity index (χ4n) is 7.99. The van der Waals surface area contributed by atoms with Gasteiger partial charge in [0.2, 0.25) is 11.8 Å². The number of hydrogen-bond acceptors (Lipinski definition) is 11. The summed E-state index contributed by atoms with van der Waals surface area (Å²) in [6, 6.07) is 8.38. The fraction of sp³-hybridized carbons (Fsp3) is 0.550. The number of hydrogen-bond donors (Lipinski definition) is 4. The highest BCUT2D eigenvalue weighted by molar-refractivity contribution is 7.90. The molecule has 4 aliphatic rings. The van der Waals surface area contributed by atoms with Crippen molar-refractivity contribution in [3.05, 3.63) is 59.2 Å². The van der Waals surface area contributed by atoms with Crippen LogP contribution in [0.1, 0.15) is 100 Å². The first kappa shape index (κ1) is 42.2. The van der Waals surface area contributed by atoms with Crippen LogP contribution in [0.25, 0.3) is 0 Å². The van der Waals surface area contributed by atoms with Crippen LogP contribution in [0.15, 0.2) is 47.4 Å². The number of amides is 5. The third-order valence-electron chi connectivity index (χ3n) is 11.0. The van der Waals surface area contributed by atoms with E-state index in [-0.39, 0.29) is 31.6 Å². The highest BCUT2D eigenvalue weighted by atomic mass is 32.2. The minimum Gasteiger partial charge on any atom is -0.496 e. The highest BCUT2D eigenvalue weighted by Gasteiger charge is 2.62. The van der Waals surface area contributed by atoms with Gasteiger partial charge in [-0.15, -0.1) is 0 Å². The summed E-state index contributed by atoms with van der Waals surface area (Å²) in [5, 5.41) is 15.1. The van der Waals surface area contributed by atoms with Crippen molar-refractivity contribution in [1.82, 2.24) is 25.2 Å². The molecule has 0 radical (unpaired) electrons. The maximum atomic E-state index is 14.4. The molecule has 1 aliphatic carbocycles. The molecule has 0 spiro atoms. The van der Waals surface area contributed by atoms with Crippen molar-refractivity contribution < 1.29 is 56.5 Å². The first-order valence-corrected chi connectivity index (χ1v) is 21.0. The SMILES string of the molecule is COc1ccc(S(=O)(=O)NC(=O)C23CC2CCCCCCCC(NC(=O)OC(C)(C)C)C(=O)N2CC(OC(=O)N4Cc5ccccc5C4)CC2C(=O)N3)cc1C(=O)O. The Labute approximate surface area is 337 Å². The molecule has 2 saturated heterocycles. The number of nitrogens with one attached hydrogen (secondary N) is 3. The van der Waals surface area contributed by atoms with E-state index in [1.54, 1.807) is 20.8 Å². The van der Waals surface area contributed by atoms with Crippen LogP contribution in [0.2, 0.25) is 0 Å². The molecule has 5 atom stereocenters. The summed E-state index contributed by atoms with van der Waals surface area (Å²) < 4.78 is 45.5. The zero-order chi connectivity index (χ0) is 42.0. The van der Waals surface area contributed by atoms with E-state index in [1.165, 1.54) is 16.9 Å². The van der Waals surface area contributed by atoms with Gasteiger partial charge in [-0.1, -0.05) is 56.4 Å². The Hall–Kier alpha value is -5.39. The number of aromatic carboxylic acids is 1. The molecule has 3 fully saturated rings. The lowest BCUT2D eigenvalue weighted by atomic mass is 10.0. The van der Waals surface area contributed by atoms with Crippen LogP contribution >= 0.6 is 0 Å². The summed E-state index contributed by atoms with van der Waals surface area (Å²) in [6.07, 6.45) is 1.88. The fourth-order valence-corrected chi connectivity index (χ4v) is 9.06. The molecule has 1 saturated carbocycles. The van der Waals surface area contributed by atoms with Crippen LogP contribution in [-0.4, -0.2) is 102 Å². The van der Waals surface area contributed by atoms with Gasteiger partial charge in [-0.3, -0.25) is 19.3 Å². The number of ether oxygens (including phenoxy) is 3. The second-order valence-electron chi connectivity index (χ2n) is 16.4. The van der Waals surface area contributed by atoms with Crippen molar-refractivity contribution in [3.63, 3.8) is 0 Å². The number of alkyl carbamates (subject to hydrolysis) is 1. The average Bonchev–Trinajstić information content (AvgIpc) is 3.45. The predicted octanol–water partition coefficient (Wildman–Crippen LogP) is 3.83. The number of carbonyl (C=O) groups excluding carboxylic acids is 5. The third kappa shape index (κ3) is 9.48. The number of rotatable bonds is 7. The zero-order valence-electron chi connectivity index (χ0n) is 33.1. The molecule has 2 aromatic rings. The number of methoxy groups -OCH3 is 1. The molecule has 5 unspecified atom stereocenters. The molecule has 3 heterocycles. The monoisotopic (exact) mass is 825 g/mol. The Kier molecular flexibility index (Phi) is 12.3. The molecule has 314 valence electrons. The Morgan fingerprint density at radius 3 is 2.24 bits per heavy atom. The van der Waals surface area contributed by atoms with Gasteiger partial charge in [-0.2, -0.15) is 0 Å². The van der Waals surface area contributed by atoms with Crippen LogP contribution in [0.3, 0.4) is 0 Å². The van der Waals surface area contributed by atoms with Crippen molar-refractivity contribution in [2.24, 2.45) is 5.92 Å². The van der Waals surface area contributed by atoms with E-state index in [0.717, 1.165) is 48.6 Å². The van der Waals surface area contributed by atoms with Gasteiger partial charge in [0.15, 0.2) is 0 Å². The van der Waals surface area contributed by atoms with Crippen LogP contribution < -0.4 is 20.1 Å². The lowest BCUT2D eigenvalue weighted by Gasteiger charge is -2.30. The average molecular weight is 826 g/mol. The molecule has 58 heavy (non-hydrogen) atoms. The molecular weight excluding hydrogens is 775 g/mol. The van der Waals surface area contributed by atoms with E-state index < -0.39 is 91.6 Å². The predicted molar refractivity (Wildman–Crippen MR) is 206 cm³/mol. The standard InChI is InChI=1S/C40H51N5O12S/c1-39(2,3)57-37(51)41-30-15-9-7-5-6-8-14-26-20-40(26,36(50)43-58(53,54)28-16-17-32(55-4)29(19-28)35(48)49)42-33(46)31-18-27(23-45(31)34(30)47)56-38(52)44-21-24-12-10-11-13-25(24)22-44/h10-13,16-17,19,26-27,30-31H,5-9,14-15,18,20-23H2,1-4H3,(H,41,51)(H,42,46)(H,43,50)(H,48,49). The van der Waals surface area contributed by atoms with E-state index in [9.17, 15) is 42.3 Å². The summed E-state index contributed by atoms with van der Waals surface area (Å²) in [7, 11) is -3.41. The molecule has 3 aliphatic heterocycles. The summed E-state index contributed by atoms with van der Waals surface area (Å²) in [5.41, 5.74) is -1.01. The van der Waals surface area contributed by atoms with Gasteiger partial charge in [0.25, 0.3) is 15.9 Å². The maximum absolute atomic E-state index is 14.4. The van der Waals surface area contributed by atoms with Crippen molar-refractivity contribution in [3.8, 4) is 5.75 Å². The summed E-state index contributed by atoms with van der Waals surface area (Å²) >= 11 is 0. The minimum absolute atomic E-state index is 0.0820. The minimum atomic E-state index is -4.64. The lowest BCUT2D eigenvalue weighted by molar-refractivity contribution is -0.141. The van der Waals surface area contributed by atoms with Gasteiger partial charge < -0.3 is 34.9 Å². The highest BCUT2D eigenvalue weighted by Crippen LogP contribution is 2.48. The molecule has 2 aromatic carbocycles.